The van der Waals surface area contributed by atoms with Crippen molar-refractivity contribution in [3.8, 4) is 0 Å². The van der Waals surface area contributed by atoms with Crippen LogP contribution in [0.4, 0.5) is 0 Å². The lowest BCUT2D eigenvalue weighted by atomic mass is 10.1. The van der Waals surface area contributed by atoms with Crippen LogP contribution in [0.15, 0.2) is 21.1 Å². The third-order valence-corrected chi connectivity index (χ3v) is 3.50. The number of guanidine groups is 1. The molecule has 1 fully saturated rings. The van der Waals surface area contributed by atoms with E-state index in [1.165, 1.54) is 25.7 Å². The van der Waals surface area contributed by atoms with Crippen LogP contribution < -0.4 is 10.6 Å². The molecule has 1 amide bonds. The fraction of sp³-hybridized carbons (Fsp3) is 0.500. The van der Waals surface area contributed by atoms with Crippen LogP contribution >= 0.6 is 0 Å². The Morgan fingerprint density at radius 1 is 1.44 bits per heavy atom. The SMILES string of the molecule is N=C1N=C2N=CC(CNC3CCCC3)=C2C(=O)N1. The molecular weight excluding hydrogens is 230 g/mol. The minimum Gasteiger partial charge on any atom is -0.310 e. The van der Waals surface area contributed by atoms with Crippen LogP contribution in [0.5, 0.6) is 0 Å². The lowest BCUT2D eigenvalue weighted by molar-refractivity contribution is -0.115. The Morgan fingerprint density at radius 2 is 2.22 bits per heavy atom. The molecule has 0 radical (unpaired) electrons. The summed E-state index contributed by atoms with van der Waals surface area (Å²) in [5.41, 5.74) is 1.38. The molecule has 0 aromatic heterocycles. The van der Waals surface area contributed by atoms with E-state index in [-0.39, 0.29) is 11.9 Å². The first-order valence-electron chi connectivity index (χ1n) is 6.23. The Balaban J connectivity index is 1.75. The van der Waals surface area contributed by atoms with Gasteiger partial charge in [0.15, 0.2) is 5.84 Å². The standard InChI is InChI=1S/C12H15N5O/c13-12-16-10-9(11(18)17-12)7(6-15-10)5-14-8-3-1-2-4-8/h6,8,14H,1-5H2,(H2,13,17,18). The van der Waals surface area contributed by atoms with Crippen molar-refractivity contribution >= 4 is 23.9 Å². The number of rotatable bonds is 3. The molecule has 6 heteroatoms. The summed E-state index contributed by atoms with van der Waals surface area (Å²) in [5, 5.41) is 13.2. The van der Waals surface area contributed by atoms with Gasteiger partial charge in [0.25, 0.3) is 5.91 Å². The Hall–Kier alpha value is -1.82. The number of nitrogens with one attached hydrogen (secondary N) is 3. The van der Waals surface area contributed by atoms with E-state index in [1.54, 1.807) is 6.21 Å². The van der Waals surface area contributed by atoms with E-state index >= 15 is 0 Å². The van der Waals surface area contributed by atoms with Gasteiger partial charge in [-0.25, -0.2) is 4.99 Å². The highest BCUT2D eigenvalue weighted by Crippen LogP contribution is 2.20. The highest BCUT2D eigenvalue weighted by Gasteiger charge is 2.29. The van der Waals surface area contributed by atoms with Crippen LogP contribution in [-0.2, 0) is 4.79 Å². The Bertz CT molecular complexity index is 497. The van der Waals surface area contributed by atoms with E-state index in [9.17, 15) is 4.79 Å². The van der Waals surface area contributed by atoms with Gasteiger partial charge in [0.2, 0.25) is 5.96 Å². The number of hydrogen-bond donors (Lipinski definition) is 3. The lowest BCUT2D eigenvalue weighted by Gasteiger charge is -2.14. The van der Waals surface area contributed by atoms with Gasteiger partial charge in [-0.3, -0.25) is 15.5 Å². The highest BCUT2D eigenvalue weighted by molar-refractivity contribution is 6.35. The van der Waals surface area contributed by atoms with Crippen LogP contribution in [0.3, 0.4) is 0 Å². The second-order valence-corrected chi connectivity index (χ2v) is 4.76. The number of amidine groups is 1. The fourth-order valence-electron chi connectivity index (χ4n) is 2.57. The van der Waals surface area contributed by atoms with Crippen molar-refractivity contribution in [3.05, 3.63) is 11.1 Å². The first-order chi connectivity index (χ1) is 8.74. The van der Waals surface area contributed by atoms with Gasteiger partial charge in [0.1, 0.15) is 0 Å². The van der Waals surface area contributed by atoms with Gasteiger partial charge in [-0.1, -0.05) is 12.8 Å². The summed E-state index contributed by atoms with van der Waals surface area (Å²) >= 11 is 0. The third-order valence-electron chi connectivity index (χ3n) is 3.50. The van der Waals surface area contributed by atoms with Crippen LogP contribution in [0, 0.1) is 5.41 Å². The second kappa shape index (κ2) is 4.45. The Morgan fingerprint density at radius 3 is 3.00 bits per heavy atom. The van der Waals surface area contributed by atoms with Crippen LogP contribution in [-0.4, -0.2) is 36.5 Å². The largest absolute Gasteiger partial charge is 0.310 e. The summed E-state index contributed by atoms with van der Waals surface area (Å²) in [7, 11) is 0. The van der Waals surface area contributed by atoms with E-state index in [1.807, 2.05) is 0 Å². The maximum Gasteiger partial charge on any atom is 0.262 e. The van der Waals surface area contributed by atoms with Gasteiger partial charge in [0.05, 0.1) is 5.57 Å². The molecular formula is C12H15N5O. The Labute approximate surface area is 105 Å². The van der Waals surface area contributed by atoms with E-state index < -0.39 is 0 Å². The van der Waals surface area contributed by atoms with Crippen LogP contribution in [0.2, 0.25) is 0 Å². The topological polar surface area (TPSA) is 89.7 Å². The minimum atomic E-state index is -0.272. The summed E-state index contributed by atoms with van der Waals surface area (Å²) in [4.78, 5) is 19.8. The first kappa shape index (κ1) is 11.3. The van der Waals surface area contributed by atoms with Crippen molar-refractivity contribution in [1.82, 2.24) is 10.6 Å². The molecule has 6 nitrogen and oxygen atoms in total. The molecule has 0 bridgehead atoms. The normalized spacial score (nSPS) is 23.4. The molecule has 0 aromatic rings. The highest BCUT2D eigenvalue weighted by atomic mass is 16.2. The fourth-order valence-corrected chi connectivity index (χ4v) is 2.57. The van der Waals surface area contributed by atoms with Gasteiger partial charge in [-0.2, -0.15) is 4.99 Å². The zero-order valence-electron chi connectivity index (χ0n) is 9.99. The van der Waals surface area contributed by atoms with Gasteiger partial charge in [0, 0.05) is 24.4 Å². The zero-order valence-corrected chi connectivity index (χ0v) is 9.99. The van der Waals surface area contributed by atoms with Gasteiger partial charge in [-0.15, -0.1) is 0 Å². The van der Waals surface area contributed by atoms with E-state index in [0.29, 0.717) is 24.0 Å². The maximum absolute atomic E-state index is 11.8. The molecule has 2 aliphatic heterocycles. The predicted octanol–water partition coefficient (Wildman–Crippen LogP) is 0.363. The molecule has 18 heavy (non-hydrogen) atoms. The molecule has 3 rings (SSSR count). The number of carbonyl (C=O) groups excluding carboxylic acids is 1. The molecule has 1 saturated carbocycles. The number of amides is 1. The third kappa shape index (κ3) is 1.99. The van der Waals surface area contributed by atoms with E-state index in [4.69, 9.17) is 5.41 Å². The summed E-state index contributed by atoms with van der Waals surface area (Å²) in [6.07, 6.45) is 6.65. The van der Waals surface area contributed by atoms with Gasteiger partial charge in [-0.05, 0) is 12.8 Å². The summed E-state index contributed by atoms with van der Waals surface area (Å²) in [6.45, 7) is 0.642. The Kier molecular flexibility index (Phi) is 2.79. The quantitative estimate of drug-likeness (QED) is 0.670. The molecule has 0 unspecified atom stereocenters. The molecule has 0 aromatic carbocycles. The molecule has 2 heterocycles. The van der Waals surface area contributed by atoms with Crippen molar-refractivity contribution in [1.29, 1.82) is 5.41 Å². The average Bonchev–Trinajstić information content (AvgIpc) is 2.94. The van der Waals surface area contributed by atoms with Crippen LogP contribution in [0.1, 0.15) is 25.7 Å². The van der Waals surface area contributed by atoms with Crippen LogP contribution in [0.25, 0.3) is 0 Å². The number of aliphatic imine (C=N–C) groups is 2. The molecule has 0 spiro atoms. The van der Waals surface area contributed by atoms with Crippen molar-refractivity contribution in [2.24, 2.45) is 9.98 Å². The monoisotopic (exact) mass is 245 g/mol. The summed E-state index contributed by atoms with van der Waals surface area (Å²) in [6, 6.07) is 0.553. The smallest absolute Gasteiger partial charge is 0.262 e. The number of hydrogen-bond acceptors (Lipinski definition) is 4. The van der Waals surface area contributed by atoms with Crippen molar-refractivity contribution in [2.75, 3.05) is 6.54 Å². The van der Waals surface area contributed by atoms with Gasteiger partial charge >= 0.3 is 0 Å². The second-order valence-electron chi connectivity index (χ2n) is 4.76. The maximum atomic E-state index is 11.8. The number of nitrogens with zero attached hydrogens (tertiary/aromatic N) is 2. The average molecular weight is 245 g/mol. The van der Waals surface area contributed by atoms with Crippen molar-refractivity contribution in [2.45, 2.75) is 31.7 Å². The number of carbonyl (C=O) groups is 1. The van der Waals surface area contributed by atoms with Gasteiger partial charge < -0.3 is 5.32 Å². The predicted molar refractivity (Wildman–Crippen MR) is 69.1 cm³/mol. The van der Waals surface area contributed by atoms with Crippen molar-refractivity contribution < 1.29 is 4.79 Å². The summed E-state index contributed by atoms with van der Waals surface area (Å²) in [5.74, 6) is -0.0430. The minimum absolute atomic E-state index is 0.138. The van der Waals surface area contributed by atoms with Crippen molar-refractivity contribution in [3.63, 3.8) is 0 Å². The lowest BCUT2D eigenvalue weighted by Crippen LogP contribution is -2.38. The molecule has 0 atom stereocenters. The zero-order chi connectivity index (χ0) is 12.5. The number of fused-ring (bicyclic) bond motifs is 1. The molecule has 0 saturated heterocycles. The molecule has 94 valence electrons. The summed E-state index contributed by atoms with van der Waals surface area (Å²) < 4.78 is 0. The molecule has 1 aliphatic carbocycles. The molecule has 3 aliphatic rings. The first-order valence-corrected chi connectivity index (χ1v) is 6.23. The van der Waals surface area contributed by atoms with E-state index in [2.05, 4.69) is 20.6 Å². The van der Waals surface area contributed by atoms with E-state index in [0.717, 1.165) is 5.57 Å². The molecule has 3 N–H and O–H groups in total.